The molecular formula is C26H34N6O3S. The lowest BCUT2D eigenvalue weighted by Crippen LogP contribution is -2.46. The standard InChI is InChI=1S/C26H34N6O3S/c1-26(2,3)24(33)34-14-13-29-25(36)30-18-8-6-17(7-9-18)22(27)31-23(21-5-4-12-28-21)32-15-19-10-11-20(16-32)35-19/h4-9,12,19-20,27-28H,10-11,13-16H2,1-3H3,(H2,29,30,36)/t19-,20-/m0/s1. The molecule has 4 rings (SSSR count). The summed E-state index contributed by atoms with van der Waals surface area (Å²) in [5.74, 6) is 0.709. The van der Waals surface area contributed by atoms with Crippen LogP contribution in [0.5, 0.6) is 0 Å². The summed E-state index contributed by atoms with van der Waals surface area (Å²) in [6.45, 7) is 7.66. The van der Waals surface area contributed by atoms with E-state index in [2.05, 4.69) is 20.5 Å². The number of hydrogen-bond donors (Lipinski definition) is 4. The molecular weight excluding hydrogens is 476 g/mol. The summed E-state index contributed by atoms with van der Waals surface area (Å²) < 4.78 is 11.2. The van der Waals surface area contributed by atoms with Crippen LogP contribution in [0.4, 0.5) is 5.69 Å². The number of benzene rings is 1. The van der Waals surface area contributed by atoms with Gasteiger partial charge in [0, 0.05) is 30.5 Å². The number of amidine groups is 2. The average Bonchev–Trinajstić information content (AvgIpc) is 3.49. The minimum Gasteiger partial charge on any atom is -0.463 e. The van der Waals surface area contributed by atoms with Crippen molar-refractivity contribution in [3.8, 4) is 0 Å². The Kier molecular flexibility index (Phi) is 8.05. The van der Waals surface area contributed by atoms with E-state index in [9.17, 15) is 4.79 Å². The van der Waals surface area contributed by atoms with Crippen molar-refractivity contribution in [2.75, 3.05) is 31.6 Å². The first kappa shape index (κ1) is 25.8. The predicted octanol–water partition coefficient (Wildman–Crippen LogP) is 3.53. The third-order valence-electron chi connectivity index (χ3n) is 6.05. The maximum Gasteiger partial charge on any atom is 0.311 e. The second-order valence-electron chi connectivity index (χ2n) is 10.1. The van der Waals surface area contributed by atoms with E-state index in [4.69, 9.17) is 32.1 Å². The van der Waals surface area contributed by atoms with Crippen molar-refractivity contribution in [3.63, 3.8) is 0 Å². The van der Waals surface area contributed by atoms with Crippen LogP contribution in [0.15, 0.2) is 47.6 Å². The molecule has 1 aromatic carbocycles. The van der Waals surface area contributed by atoms with E-state index >= 15 is 0 Å². The molecule has 2 aromatic rings. The predicted molar refractivity (Wildman–Crippen MR) is 145 cm³/mol. The van der Waals surface area contributed by atoms with E-state index < -0.39 is 5.41 Å². The molecule has 2 aliphatic heterocycles. The Balaban J connectivity index is 1.33. The normalized spacial score (nSPS) is 19.6. The average molecular weight is 511 g/mol. The fourth-order valence-corrected chi connectivity index (χ4v) is 4.36. The van der Waals surface area contributed by atoms with Crippen molar-refractivity contribution in [1.82, 2.24) is 15.2 Å². The van der Waals surface area contributed by atoms with Gasteiger partial charge in [-0.05, 0) is 82.2 Å². The Bertz CT molecular complexity index is 1100. The summed E-state index contributed by atoms with van der Waals surface area (Å²) in [5, 5.41) is 15.2. The van der Waals surface area contributed by atoms with Gasteiger partial charge in [-0.15, -0.1) is 0 Å². The van der Waals surface area contributed by atoms with Crippen molar-refractivity contribution >= 4 is 40.7 Å². The number of hydrogen-bond acceptors (Lipinski definition) is 5. The van der Waals surface area contributed by atoms with Crippen LogP contribution in [0.25, 0.3) is 0 Å². The van der Waals surface area contributed by atoms with Crippen LogP contribution in [0, 0.1) is 10.8 Å². The number of ether oxygens (including phenoxy) is 2. The Morgan fingerprint density at radius 2 is 1.92 bits per heavy atom. The topological polar surface area (TPSA) is 115 Å². The van der Waals surface area contributed by atoms with Crippen LogP contribution in [0.3, 0.4) is 0 Å². The van der Waals surface area contributed by atoms with E-state index in [1.54, 1.807) is 0 Å². The van der Waals surface area contributed by atoms with E-state index in [-0.39, 0.29) is 30.6 Å². The number of likely N-dealkylation sites (tertiary alicyclic amines) is 1. The van der Waals surface area contributed by atoms with Gasteiger partial charge >= 0.3 is 5.97 Å². The largest absolute Gasteiger partial charge is 0.463 e. The second-order valence-corrected chi connectivity index (χ2v) is 10.5. The van der Waals surface area contributed by atoms with Gasteiger partial charge in [0.2, 0.25) is 0 Å². The minimum absolute atomic E-state index is 0.186. The summed E-state index contributed by atoms with van der Waals surface area (Å²) in [6, 6.07) is 11.3. The van der Waals surface area contributed by atoms with Crippen LogP contribution in [0.1, 0.15) is 44.9 Å². The van der Waals surface area contributed by atoms with Crippen LogP contribution >= 0.6 is 12.2 Å². The molecule has 0 aliphatic carbocycles. The van der Waals surface area contributed by atoms with Gasteiger partial charge in [-0.25, -0.2) is 4.99 Å². The highest BCUT2D eigenvalue weighted by Crippen LogP contribution is 2.27. The lowest BCUT2D eigenvalue weighted by molar-refractivity contribution is -0.152. The number of H-pyrrole nitrogens is 1. The Morgan fingerprint density at radius 1 is 1.22 bits per heavy atom. The fraction of sp³-hybridized carbons (Fsp3) is 0.462. The molecule has 36 heavy (non-hydrogen) atoms. The zero-order chi connectivity index (χ0) is 25.7. The van der Waals surface area contributed by atoms with E-state index in [0.717, 1.165) is 43.1 Å². The summed E-state index contributed by atoms with van der Waals surface area (Å²) >= 11 is 5.33. The fourth-order valence-electron chi connectivity index (χ4n) is 4.14. The third-order valence-corrected chi connectivity index (χ3v) is 6.30. The van der Waals surface area contributed by atoms with Gasteiger partial charge in [0.1, 0.15) is 6.61 Å². The van der Waals surface area contributed by atoms with Crippen molar-refractivity contribution in [2.45, 2.75) is 45.8 Å². The molecule has 9 nitrogen and oxygen atoms in total. The lowest BCUT2D eigenvalue weighted by Gasteiger charge is -2.34. The van der Waals surface area contributed by atoms with Crippen molar-refractivity contribution in [2.24, 2.45) is 10.4 Å². The first-order valence-electron chi connectivity index (χ1n) is 12.2. The lowest BCUT2D eigenvalue weighted by atomic mass is 9.97. The molecule has 1 aromatic heterocycles. The molecule has 2 aliphatic rings. The number of morpholine rings is 1. The number of carbonyl (C=O) groups excluding carboxylic acids is 1. The number of nitrogens with one attached hydrogen (secondary N) is 4. The van der Waals surface area contributed by atoms with Crippen molar-refractivity contribution in [1.29, 1.82) is 5.41 Å². The number of aromatic amines is 1. The van der Waals surface area contributed by atoms with E-state index in [1.165, 1.54) is 0 Å². The van der Waals surface area contributed by atoms with Gasteiger partial charge in [-0.3, -0.25) is 10.2 Å². The molecule has 3 heterocycles. The molecule has 2 atom stereocenters. The quantitative estimate of drug-likeness (QED) is 0.155. The smallest absolute Gasteiger partial charge is 0.311 e. The SMILES string of the molecule is CC(C)(C)C(=O)OCCNC(=S)Nc1ccc(C(=N)N=C(c2ccc[nH]2)N2C[C@@H]3CC[C@@H](C2)O3)cc1. The van der Waals surface area contributed by atoms with Crippen LogP contribution in [-0.2, 0) is 14.3 Å². The summed E-state index contributed by atoms with van der Waals surface area (Å²) in [4.78, 5) is 22.0. The monoisotopic (exact) mass is 510 g/mol. The molecule has 0 spiro atoms. The van der Waals surface area contributed by atoms with E-state index in [1.807, 2.05) is 63.4 Å². The molecule has 0 saturated carbocycles. The number of esters is 1. The molecule has 10 heteroatoms. The number of carbonyl (C=O) groups is 1. The highest BCUT2D eigenvalue weighted by molar-refractivity contribution is 7.80. The first-order chi connectivity index (χ1) is 17.2. The second kappa shape index (κ2) is 11.2. The number of thiocarbonyl (C=S) groups is 1. The summed E-state index contributed by atoms with van der Waals surface area (Å²) in [6.07, 6.45) is 4.47. The van der Waals surface area contributed by atoms with Crippen LogP contribution in [0.2, 0.25) is 0 Å². The van der Waals surface area contributed by atoms with Crippen molar-refractivity contribution in [3.05, 3.63) is 53.9 Å². The molecule has 2 saturated heterocycles. The van der Waals surface area contributed by atoms with Crippen LogP contribution < -0.4 is 10.6 Å². The molecule has 192 valence electrons. The zero-order valence-electron chi connectivity index (χ0n) is 21.0. The first-order valence-corrected chi connectivity index (χ1v) is 12.6. The third kappa shape index (κ3) is 6.70. The molecule has 0 radical (unpaired) electrons. The number of aliphatic imine (C=N–C) groups is 1. The highest BCUT2D eigenvalue weighted by Gasteiger charge is 2.35. The molecule has 2 bridgehead atoms. The molecule has 0 amide bonds. The van der Waals surface area contributed by atoms with Crippen LogP contribution in [-0.4, -0.2) is 71.1 Å². The number of fused-ring (bicyclic) bond motifs is 2. The highest BCUT2D eigenvalue weighted by atomic mass is 32.1. The van der Waals surface area contributed by atoms with E-state index in [0.29, 0.717) is 17.2 Å². The van der Waals surface area contributed by atoms with Gasteiger partial charge in [-0.1, -0.05) is 0 Å². The minimum atomic E-state index is -0.525. The van der Waals surface area contributed by atoms with Gasteiger partial charge in [-0.2, -0.15) is 0 Å². The summed E-state index contributed by atoms with van der Waals surface area (Å²) in [7, 11) is 0. The molecule has 0 unspecified atom stereocenters. The number of aromatic nitrogens is 1. The number of nitrogens with zero attached hydrogens (tertiary/aromatic N) is 2. The number of rotatable bonds is 6. The zero-order valence-corrected chi connectivity index (χ0v) is 21.8. The van der Waals surface area contributed by atoms with Gasteiger partial charge in [0.25, 0.3) is 0 Å². The van der Waals surface area contributed by atoms with Gasteiger partial charge in [0.15, 0.2) is 16.8 Å². The Morgan fingerprint density at radius 3 is 2.53 bits per heavy atom. The van der Waals surface area contributed by atoms with Gasteiger partial charge in [0.05, 0.1) is 29.9 Å². The van der Waals surface area contributed by atoms with Crippen molar-refractivity contribution < 1.29 is 14.3 Å². The maximum atomic E-state index is 11.8. The molecule has 4 N–H and O–H groups in total. The molecule has 2 fully saturated rings. The Hall–Kier alpha value is -3.24. The van der Waals surface area contributed by atoms with Gasteiger partial charge < -0.3 is 30.0 Å². The maximum absolute atomic E-state index is 11.8. The summed E-state index contributed by atoms with van der Waals surface area (Å²) in [5.41, 5.74) is 1.86. The number of anilines is 1. The Labute approximate surface area is 217 Å².